The molecule has 0 amide bonds. The standard InChI is InChI=1S/C14H19ClFN3O2/c1-10-2-5-18(6-3-10)7-4-17-13-9-12(16)11(15)8-14(13)19(20)21/h8-10,17H,2-7H2,1H3. The number of anilines is 1. The van der Waals surface area contributed by atoms with Gasteiger partial charge in [-0.2, -0.15) is 0 Å². The van der Waals surface area contributed by atoms with Gasteiger partial charge in [-0.15, -0.1) is 0 Å². The maximum atomic E-state index is 13.4. The van der Waals surface area contributed by atoms with Gasteiger partial charge in [0, 0.05) is 25.2 Å². The highest BCUT2D eigenvalue weighted by atomic mass is 35.5. The van der Waals surface area contributed by atoms with Crippen molar-refractivity contribution in [1.29, 1.82) is 0 Å². The van der Waals surface area contributed by atoms with Crippen molar-refractivity contribution in [2.75, 3.05) is 31.5 Å². The van der Waals surface area contributed by atoms with Gasteiger partial charge in [0.2, 0.25) is 0 Å². The number of hydrogen-bond acceptors (Lipinski definition) is 4. The van der Waals surface area contributed by atoms with Crippen molar-refractivity contribution in [3.05, 3.63) is 33.1 Å². The fourth-order valence-corrected chi connectivity index (χ4v) is 2.62. The summed E-state index contributed by atoms with van der Waals surface area (Å²) in [5, 5.41) is 13.7. The highest BCUT2D eigenvalue weighted by Crippen LogP contribution is 2.30. The average Bonchev–Trinajstić information content (AvgIpc) is 2.44. The zero-order chi connectivity index (χ0) is 15.4. The molecule has 0 aromatic heterocycles. The lowest BCUT2D eigenvalue weighted by atomic mass is 9.99. The zero-order valence-electron chi connectivity index (χ0n) is 11.9. The fraction of sp³-hybridized carbons (Fsp3) is 0.571. The van der Waals surface area contributed by atoms with E-state index >= 15 is 0 Å². The molecule has 1 heterocycles. The molecule has 1 aromatic rings. The molecule has 21 heavy (non-hydrogen) atoms. The Morgan fingerprint density at radius 1 is 1.48 bits per heavy atom. The van der Waals surface area contributed by atoms with Crippen LogP contribution in [0.25, 0.3) is 0 Å². The Labute approximate surface area is 128 Å². The average molecular weight is 316 g/mol. The Hall–Kier alpha value is -1.40. The van der Waals surface area contributed by atoms with Gasteiger partial charge in [0.1, 0.15) is 11.5 Å². The molecule has 1 fully saturated rings. The third kappa shape index (κ3) is 4.28. The Balaban J connectivity index is 1.93. The van der Waals surface area contributed by atoms with Crippen molar-refractivity contribution in [2.24, 2.45) is 5.92 Å². The molecule has 2 rings (SSSR count). The van der Waals surface area contributed by atoms with Gasteiger partial charge in [-0.3, -0.25) is 10.1 Å². The normalized spacial score (nSPS) is 16.9. The Morgan fingerprint density at radius 2 is 2.14 bits per heavy atom. The van der Waals surface area contributed by atoms with Gasteiger partial charge in [-0.25, -0.2) is 4.39 Å². The number of rotatable bonds is 5. The molecule has 0 aliphatic carbocycles. The van der Waals surface area contributed by atoms with Crippen LogP contribution in [-0.2, 0) is 0 Å². The third-order valence-corrected chi connectivity index (χ3v) is 4.14. The molecule has 116 valence electrons. The van der Waals surface area contributed by atoms with E-state index in [0.29, 0.717) is 6.54 Å². The quantitative estimate of drug-likeness (QED) is 0.667. The highest BCUT2D eigenvalue weighted by molar-refractivity contribution is 6.31. The summed E-state index contributed by atoms with van der Waals surface area (Å²) < 4.78 is 13.4. The van der Waals surface area contributed by atoms with Crippen LogP contribution < -0.4 is 5.32 Å². The molecule has 1 aromatic carbocycles. The highest BCUT2D eigenvalue weighted by Gasteiger charge is 2.19. The van der Waals surface area contributed by atoms with E-state index in [4.69, 9.17) is 11.6 Å². The number of halogens is 2. The predicted molar refractivity (Wildman–Crippen MR) is 81.4 cm³/mol. The first-order chi connectivity index (χ1) is 9.97. The lowest BCUT2D eigenvalue weighted by molar-refractivity contribution is -0.384. The predicted octanol–water partition coefficient (Wildman–Crippen LogP) is 3.53. The first-order valence-electron chi connectivity index (χ1n) is 7.07. The van der Waals surface area contributed by atoms with Gasteiger partial charge in [-0.05, 0) is 31.8 Å². The molecule has 0 unspecified atom stereocenters. The molecule has 1 aliphatic rings. The summed E-state index contributed by atoms with van der Waals surface area (Å²) in [4.78, 5) is 12.7. The van der Waals surface area contributed by atoms with Crippen LogP contribution in [0, 0.1) is 21.8 Å². The van der Waals surface area contributed by atoms with E-state index in [0.717, 1.165) is 37.7 Å². The second-order valence-electron chi connectivity index (χ2n) is 5.49. The van der Waals surface area contributed by atoms with Gasteiger partial charge >= 0.3 is 0 Å². The van der Waals surface area contributed by atoms with Crippen LogP contribution >= 0.6 is 11.6 Å². The van der Waals surface area contributed by atoms with E-state index in [9.17, 15) is 14.5 Å². The summed E-state index contributed by atoms with van der Waals surface area (Å²) in [7, 11) is 0. The zero-order valence-corrected chi connectivity index (χ0v) is 12.7. The van der Waals surface area contributed by atoms with E-state index in [-0.39, 0.29) is 16.4 Å². The molecular weight excluding hydrogens is 297 g/mol. The molecule has 0 radical (unpaired) electrons. The van der Waals surface area contributed by atoms with Gasteiger partial charge in [0.05, 0.1) is 9.95 Å². The van der Waals surface area contributed by atoms with E-state index in [1.807, 2.05) is 0 Å². The molecule has 1 saturated heterocycles. The first-order valence-corrected chi connectivity index (χ1v) is 7.45. The van der Waals surface area contributed by atoms with Crippen LogP contribution in [0.3, 0.4) is 0 Å². The number of nitrogens with one attached hydrogen (secondary N) is 1. The molecule has 1 N–H and O–H groups in total. The summed E-state index contributed by atoms with van der Waals surface area (Å²) in [5.41, 5.74) is -0.0269. The van der Waals surface area contributed by atoms with Gasteiger partial charge in [0.25, 0.3) is 5.69 Å². The van der Waals surface area contributed by atoms with E-state index in [1.54, 1.807) is 0 Å². The summed E-state index contributed by atoms with van der Waals surface area (Å²) in [6, 6.07) is 2.13. The second kappa shape index (κ2) is 7.04. The fourth-order valence-electron chi connectivity index (χ4n) is 2.46. The van der Waals surface area contributed by atoms with Crippen LogP contribution in [0.4, 0.5) is 15.8 Å². The largest absolute Gasteiger partial charge is 0.378 e. The molecule has 0 spiro atoms. The van der Waals surface area contributed by atoms with Crippen molar-refractivity contribution in [3.8, 4) is 0 Å². The van der Waals surface area contributed by atoms with Crippen LogP contribution in [-0.4, -0.2) is 36.0 Å². The monoisotopic (exact) mass is 315 g/mol. The van der Waals surface area contributed by atoms with E-state index in [2.05, 4.69) is 17.1 Å². The summed E-state index contributed by atoms with van der Waals surface area (Å²) >= 11 is 5.58. The topological polar surface area (TPSA) is 58.4 Å². The second-order valence-corrected chi connectivity index (χ2v) is 5.90. The maximum absolute atomic E-state index is 13.4. The molecule has 0 saturated carbocycles. The van der Waals surface area contributed by atoms with E-state index in [1.165, 1.54) is 12.8 Å². The summed E-state index contributed by atoms with van der Waals surface area (Å²) in [6.45, 7) is 5.65. The SMILES string of the molecule is CC1CCN(CCNc2cc(F)c(Cl)cc2[N+](=O)[O-])CC1. The number of nitrogens with zero attached hydrogens (tertiary/aromatic N) is 2. The number of nitro groups is 1. The number of nitro benzene ring substituents is 1. The van der Waals surface area contributed by atoms with E-state index < -0.39 is 10.7 Å². The Kier molecular flexibility index (Phi) is 5.36. The minimum Gasteiger partial charge on any atom is -0.378 e. The minimum absolute atomic E-state index is 0.173. The molecule has 0 atom stereocenters. The molecule has 1 aliphatic heterocycles. The number of likely N-dealkylation sites (tertiary alicyclic amines) is 1. The van der Waals surface area contributed by atoms with Crippen molar-refractivity contribution in [2.45, 2.75) is 19.8 Å². The number of hydrogen-bond donors (Lipinski definition) is 1. The van der Waals surface area contributed by atoms with Gasteiger partial charge in [0.15, 0.2) is 0 Å². The van der Waals surface area contributed by atoms with Crippen LogP contribution in [0.1, 0.15) is 19.8 Å². The smallest absolute Gasteiger partial charge is 0.294 e. The minimum atomic E-state index is -0.656. The van der Waals surface area contributed by atoms with Crippen LogP contribution in [0.5, 0.6) is 0 Å². The van der Waals surface area contributed by atoms with Gasteiger partial charge < -0.3 is 10.2 Å². The molecule has 0 bridgehead atoms. The summed E-state index contributed by atoms with van der Waals surface area (Å²) in [6.07, 6.45) is 2.35. The van der Waals surface area contributed by atoms with Crippen molar-refractivity contribution >= 4 is 23.0 Å². The Morgan fingerprint density at radius 3 is 2.76 bits per heavy atom. The Bertz CT molecular complexity index is 519. The van der Waals surface area contributed by atoms with Crippen LogP contribution in [0.2, 0.25) is 5.02 Å². The lowest BCUT2D eigenvalue weighted by Crippen LogP contribution is -2.36. The molecule has 7 heteroatoms. The summed E-state index contributed by atoms with van der Waals surface area (Å²) in [5.74, 6) is 0.109. The molecular formula is C14H19ClFN3O2. The maximum Gasteiger partial charge on any atom is 0.294 e. The van der Waals surface area contributed by atoms with Crippen LogP contribution in [0.15, 0.2) is 12.1 Å². The first kappa shape index (κ1) is 16.0. The van der Waals surface area contributed by atoms with Gasteiger partial charge in [-0.1, -0.05) is 18.5 Å². The molecule has 5 nitrogen and oxygen atoms in total. The van der Waals surface area contributed by atoms with Crippen molar-refractivity contribution in [3.63, 3.8) is 0 Å². The van der Waals surface area contributed by atoms with Crippen molar-refractivity contribution < 1.29 is 9.31 Å². The third-order valence-electron chi connectivity index (χ3n) is 3.86. The number of benzene rings is 1. The van der Waals surface area contributed by atoms with Crippen molar-refractivity contribution in [1.82, 2.24) is 4.90 Å². The number of piperidine rings is 1. The lowest BCUT2D eigenvalue weighted by Gasteiger charge is -2.30.